The Balaban J connectivity index is 1.56. The highest BCUT2D eigenvalue weighted by molar-refractivity contribution is 14.1. The van der Waals surface area contributed by atoms with Gasteiger partial charge < -0.3 is 25.6 Å². The van der Waals surface area contributed by atoms with Gasteiger partial charge in [0.25, 0.3) is 0 Å². The average Bonchev–Trinajstić information content (AvgIpc) is 3.29. The largest absolute Gasteiger partial charge is 0.388 e. The van der Waals surface area contributed by atoms with E-state index in [1.165, 1.54) is 19.7 Å². The van der Waals surface area contributed by atoms with Gasteiger partial charge >= 0.3 is 0 Å². The summed E-state index contributed by atoms with van der Waals surface area (Å²) in [4.78, 5) is 24.6. The molecule has 1 aliphatic heterocycles. The maximum Gasteiger partial charge on any atom is 0.222 e. The van der Waals surface area contributed by atoms with E-state index >= 15 is 0 Å². The number of hydrogen-bond donors (Lipinski definition) is 4. The van der Waals surface area contributed by atoms with Crippen LogP contribution in [0.5, 0.6) is 0 Å². The van der Waals surface area contributed by atoms with Crippen molar-refractivity contribution in [1.82, 2.24) is 24.8 Å². The van der Waals surface area contributed by atoms with E-state index in [1.807, 2.05) is 18.2 Å². The Morgan fingerprint density at radius 1 is 1.27 bits per heavy atom. The van der Waals surface area contributed by atoms with Crippen LogP contribution in [0, 0.1) is 3.57 Å². The van der Waals surface area contributed by atoms with E-state index < -0.39 is 24.5 Å². The topological polar surface area (TPSA) is 134 Å². The lowest BCUT2D eigenvalue weighted by Gasteiger charge is -2.16. The number of anilines is 1. The first-order valence-electron chi connectivity index (χ1n) is 9.36. The lowest BCUT2D eigenvalue weighted by Crippen LogP contribution is -2.34. The number of amides is 1. The fourth-order valence-electron chi connectivity index (χ4n) is 3.41. The Morgan fingerprint density at radius 2 is 2.10 bits per heavy atom. The number of halogens is 1. The molecule has 1 aliphatic rings. The van der Waals surface area contributed by atoms with E-state index in [9.17, 15) is 15.0 Å². The molecule has 11 heteroatoms. The lowest BCUT2D eigenvalue weighted by atomic mass is 10.1. The quantitative estimate of drug-likeness (QED) is 0.348. The second-order valence-electron chi connectivity index (χ2n) is 6.95. The summed E-state index contributed by atoms with van der Waals surface area (Å²) in [5.41, 5.74) is 2.07. The van der Waals surface area contributed by atoms with Crippen molar-refractivity contribution < 1.29 is 19.7 Å². The number of imidazole rings is 1. The number of hydrogen-bond acceptors (Lipinski definition) is 8. The highest BCUT2D eigenvalue weighted by Gasteiger charge is 2.45. The molecule has 30 heavy (non-hydrogen) atoms. The van der Waals surface area contributed by atoms with Crippen LogP contribution in [0.2, 0.25) is 0 Å². The summed E-state index contributed by atoms with van der Waals surface area (Å²) >= 11 is 2.26. The van der Waals surface area contributed by atoms with Crippen molar-refractivity contribution in [2.45, 2.75) is 37.5 Å². The van der Waals surface area contributed by atoms with Crippen molar-refractivity contribution in [2.24, 2.45) is 0 Å². The molecule has 0 aliphatic carbocycles. The lowest BCUT2D eigenvalue weighted by molar-refractivity contribution is -0.125. The van der Waals surface area contributed by atoms with Crippen molar-refractivity contribution >= 4 is 45.5 Å². The number of rotatable bonds is 6. The van der Waals surface area contributed by atoms with E-state index in [2.05, 4.69) is 54.2 Å². The van der Waals surface area contributed by atoms with E-state index in [0.29, 0.717) is 23.5 Å². The van der Waals surface area contributed by atoms with E-state index in [1.54, 1.807) is 4.57 Å². The standard InChI is InChI=1S/C19H21IN6O4/c1-21-13(27)6-12-15(28)16(29)19(30-12)26-9-25-14-17(23-8-24-18(14)26)22-7-10-3-2-4-11(20)5-10/h2-5,8-9,12,15-16,19,28-29H,6-7H2,1H3,(H,21,27)(H,22,23,24)/t12-,15+,16+,19?/m1/s1. The predicted molar refractivity (Wildman–Crippen MR) is 116 cm³/mol. The molecule has 1 fully saturated rings. The Hall–Kier alpha value is -2.35. The first-order chi connectivity index (χ1) is 14.5. The van der Waals surface area contributed by atoms with Gasteiger partial charge in [-0.05, 0) is 40.3 Å². The fourth-order valence-corrected chi connectivity index (χ4v) is 4.02. The number of carbonyl (C=O) groups excluding carboxylic acids is 1. The minimum atomic E-state index is -1.23. The van der Waals surface area contributed by atoms with Crippen molar-refractivity contribution in [2.75, 3.05) is 12.4 Å². The molecule has 2 aromatic heterocycles. The molecule has 0 bridgehead atoms. The number of carbonyl (C=O) groups is 1. The summed E-state index contributed by atoms with van der Waals surface area (Å²) in [7, 11) is 1.50. The first kappa shape index (κ1) is 20.9. The number of ether oxygens (including phenoxy) is 1. The molecular weight excluding hydrogens is 503 g/mol. The highest BCUT2D eigenvalue weighted by Crippen LogP contribution is 2.33. The zero-order valence-electron chi connectivity index (χ0n) is 16.1. The van der Waals surface area contributed by atoms with Crippen molar-refractivity contribution in [1.29, 1.82) is 0 Å². The predicted octanol–water partition coefficient (Wildman–Crippen LogP) is 0.798. The van der Waals surface area contributed by atoms with E-state index in [-0.39, 0.29) is 12.3 Å². The number of aliphatic hydroxyl groups is 2. The molecule has 158 valence electrons. The Bertz CT molecular complexity index is 1060. The molecule has 4 rings (SSSR count). The van der Waals surface area contributed by atoms with Gasteiger partial charge in [-0.3, -0.25) is 9.36 Å². The van der Waals surface area contributed by atoms with Crippen molar-refractivity contribution in [3.05, 3.63) is 46.1 Å². The van der Waals surface area contributed by atoms with E-state index in [0.717, 1.165) is 9.13 Å². The van der Waals surface area contributed by atoms with Gasteiger partial charge in [0.15, 0.2) is 23.2 Å². The second kappa shape index (κ2) is 8.79. The molecule has 1 amide bonds. The van der Waals surface area contributed by atoms with Crippen LogP contribution in [-0.2, 0) is 16.1 Å². The van der Waals surface area contributed by atoms with Crippen molar-refractivity contribution in [3.8, 4) is 0 Å². The smallest absolute Gasteiger partial charge is 0.222 e. The molecule has 0 saturated carbocycles. The van der Waals surface area contributed by atoms with Crippen LogP contribution in [0.3, 0.4) is 0 Å². The minimum absolute atomic E-state index is 0.0600. The van der Waals surface area contributed by atoms with Crippen LogP contribution in [-0.4, -0.2) is 61.0 Å². The second-order valence-corrected chi connectivity index (χ2v) is 8.20. The maximum absolute atomic E-state index is 11.6. The van der Waals surface area contributed by atoms with Crippen LogP contribution in [0.4, 0.5) is 5.82 Å². The van der Waals surface area contributed by atoms with Crippen LogP contribution in [0.25, 0.3) is 11.2 Å². The Labute approximate surface area is 185 Å². The van der Waals surface area contributed by atoms with Crippen LogP contribution in [0.1, 0.15) is 18.2 Å². The Kier molecular flexibility index (Phi) is 6.13. The van der Waals surface area contributed by atoms with Gasteiger partial charge in [-0.1, -0.05) is 12.1 Å². The molecular formula is C19H21IN6O4. The zero-order valence-corrected chi connectivity index (χ0v) is 18.2. The number of aromatic nitrogens is 4. The first-order valence-corrected chi connectivity index (χ1v) is 10.4. The number of aliphatic hydroxyl groups excluding tert-OH is 2. The average molecular weight is 524 g/mol. The monoisotopic (exact) mass is 524 g/mol. The number of nitrogens with zero attached hydrogens (tertiary/aromatic N) is 4. The SMILES string of the molecule is CNC(=O)C[C@H]1OC(n2cnc3c(NCc4cccc(I)c4)ncnc32)[C@@H](O)[C@H]1O. The van der Waals surface area contributed by atoms with Gasteiger partial charge in [0.1, 0.15) is 18.5 Å². The molecule has 4 N–H and O–H groups in total. The fraction of sp³-hybridized carbons (Fsp3) is 0.368. The van der Waals surface area contributed by atoms with Crippen LogP contribution < -0.4 is 10.6 Å². The third-order valence-corrected chi connectivity index (χ3v) is 5.66. The van der Waals surface area contributed by atoms with Crippen LogP contribution in [0.15, 0.2) is 36.9 Å². The van der Waals surface area contributed by atoms with Gasteiger partial charge in [0, 0.05) is 17.2 Å². The number of benzene rings is 1. The maximum atomic E-state index is 11.6. The molecule has 3 heterocycles. The molecule has 1 unspecified atom stereocenters. The summed E-state index contributed by atoms with van der Waals surface area (Å²) in [5.74, 6) is 0.263. The van der Waals surface area contributed by atoms with Gasteiger partial charge in [-0.2, -0.15) is 0 Å². The van der Waals surface area contributed by atoms with Crippen molar-refractivity contribution in [3.63, 3.8) is 0 Å². The van der Waals surface area contributed by atoms with E-state index in [4.69, 9.17) is 4.74 Å². The number of fused-ring (bicyclic) bond motifs is 1. The van der Waals surface area contributed by atoms with Gasteiger partial charge in [-0.15, -0.1) is 0 Å². The normalized spacial score (nSPS) is 23.6. The zero-order chi connectivity index (χ0) is 21.3. The van der Waals surface area contributed by atoms with Gasteiger partial charge in [0.05, 0.1) is 18.9 Å². The summed E-state index contributed by atoms with van der Waals surface area (Å²) in [6.45, 7) is 0.561. The summed E-state index contributed by atoms with van der Waals surface area (Å²) in [6.07, 6.45) is -1.36. The van der Waals surface area contributed by atoms with Crippen LogP contribution >= 0.6 is 22.6 Å². The highest BCUT2D eigenvalue weighted by atomic mass is 127. The minimum Gasteiger partial charge on any atom is -0.388 e. The molecule has 4 atom stereocenters. The summed E-state index contributed by atoms with van der Waals surface area (Å²) < 4.78 is 8.46. The Morgan fingerprint density at radius 3 is 2.87 bits per heavy atom. The molecule has 10 nitrogen and oxygen atoms in total. The molecule has 3 aromatic rings. The summed E-state index contributed by atoms with van der Waals surface area (Å²) in [5, 5.41) is 26.5. The third-order valence-electron chi connectivity index (χ3n) is 4.98. The molecule has 0 radical (unpaired) electrons. The molecule has 1 aromatic carbocycles. The summed E-state index contributed by atoms with van der Waals surface area (Å²) in [6, 6.07) is 8.10. The van der Waals surface area contributed by atoms with Gasteiger partial charge in [-0.25, -0.2) is 15.0 Å². The molecule has 1 saturated heterocycles. The number of nitrogens with one attached hydrogen (secondary N) is 2. The van der Waals surface area contributed by atoms with Gasteiger partial charge in [0.2, 0.25) is 5.91 Å². The third kappa shape index (κ3) is 4.10. The molecule has 0 spiro atoms.